The highest BCUT2D eigenvalue weighted by atomic mass is 16.6. The number of hydrogen-bond donors (Lipinski definition) is 1. The maximum Gasteiger partial charge on any atom is 0.320 e. The van der Waals surface area contributed by atoms with E-state index in [0.717, 1.165) is 38.5 Å². The van der Waals surface area contributed by atoms with Crippen molar-refractivity contribution >= 4 is 17.9 Å². The number of carboxylic acids is 1. The van der Waals surface area contributed by atoms with Crippen LogP contribution >= 0.6 is 0 Å². The molecule has 2 saturated heterocycles. The first-order valence-electron chi connectivity index (χ1n) is 10.9. The number of rotatable bonds is 10. The molecule has 4 rings (SSSR count). The Morgan fingerprint density at radius 1 is 0.862 bits per heavy atom. The molecular weight excluding hydrogens is 380 g/mol. The maximum atomic E-state index is 12.2. The Balaban J connectivity index is 1.11. The van der Waals surface area contributed by atoms with Crippen molar-refractivity contribution in [2.75, 3.05) is 13.2 Å². The van der Waals surface area contributed by atoms with E-state index in [2.05, 4.69) is 0 Å². The first-order chi connectivity index (χ1) is 14.0. The van der Waals surface area contributed by atoms with Crippen molar-refractivity contribution in [2.45, 2.75) is 82.2 Å². The van der Waals surface area contributed by atoms with Crippen molar-refractivity contribution in [3.05, 3.63) is 0 Å². The predicted molar refractivity (Wildman–Crippen MR) is 98.9 cm³/mol. The summed E-state index contributed by atoms with van der Waals surface area (Å²) in [6.07, 6.45) is 7.68. The summed E-state index contributed by atoms with van der Waals surface area (Å²) in [6, 6.07) is 0. The standard InChI is InChI=1S/C21H30O8/c22-19(26-10-12-4-6-15-17(8-12)28-15)3-1-2-14(20(23)24)21(25)27-11-13-5-7-16-18(9-13)29-16/h12-18H,1-11H2,(H,23,24). The number of fused-ring (bicyclic) bond motifs is 2. The van der Waals surface area contributed by atoms with Crippen LogP contribution in [-0.4, -0.2) is 60.6 Å². The minimum absolute atomic E-state index is 0.0722. The fourth-order valence-electron chi connectivity index (χ4n) is 4.65. The summed E-state index contributed by atoms with van der Waals surface area (Å²) in [5, 5.41) is 9.35. The summed E-state index contributed by atoms with van der Waals surface area (Å²) >= 11 is 0. The Morgan fingerprint density at radius 3 is 2.00 bits per heavy atom. The molecule has 0 spiro atoms. The lowest BCUT2D eigenvalue weighted by Gasteiger charge is -2.20. The Hall–Kier alpha value is -1.67. The van der Waals surface area contributed by atoms with Gasteiger partial charge in [0.25, 0.3) is 0 Å². The normalized spacial score (nSPS) is 35.6. The first-order valence-corrected chi connectivity index (χ1v) is 10.9. The van der Waals surface area contributed by atoms with Crippen LogP contribution in [0.3, 0.4) is 0 Å². The van der Waals surface area contributed by atoms with E-state index in [1.807, 2.05) is 0 Å². The molecular formula is C21H30O8. The lowest BCUT2D eigenvalue weighted by molar-refractivity contribution is -0.160. The molecule has 7 unspecified atom stereocenters. The second-order valence-corrected chi connectivity index (χ2v) is 8.88. The van der Waals surface area contributed by atoms with Gasteiger partial charge in [-0.3, -0.25) is 14.4 Å². The smallest absolute Gasteiger partial charge is 0.320 e. The van der Waals surface area contributed by atoms with Crippen molar-refractivity contribution in [2.24, 2.45) is 17.8 Å². The third-order valence-electron chi connectivity index (χ3n) is 6.62. The van der Waals surface area contributed by atoms with Gasteiger partial charge in [-0.1, -0.05) is 0 Å². The van der Waals surface area contributed by atoms with Crippen LogP contribution in [-0.2, 0) is 33.3 Å². The molecule has 0 aromatic heterocycles. The van der Waals surface area contributed by atoms with Crippen LogP contribution in [0, 0.1) is 17.8 Å². The van der Waals surface area contributed by atoms with E-state index < -0.39 is 17.9 Å². The number of carboxylic acid groups (broad SMARTS) is 1. The summed E-state index contributed by atoms with van der Waals surface area (Å²) in [7, 11) is 0. The predicted octanol–water partition coefficient (Wildman–Crippen LogP) is 2.08. The second-order valence-electron chi connectivity index (χ2n) is 8.88. The topological polar surface area (TPSA) is 115 Å². The van der Waals surface area contributed by atoms with Crippen LogP contribution < -0.4 is 0 Å². The van der Waals surface area contributed by atoms with Crippen LogP contribution in [0.4, 0.5) is 0 Å². The number of carbonyl (C=O) groups excluding carboxylic acids is 2. The van der Waals surface area contributed by atoms with E-state index in [1.165, 1.54) is 0 Å². The number of esters is 2. The highest BCUT2D eigenvalue weighted by molar-refractivity contribution is 5.93. The molecule has 0 amide bonds. The molecule has 4 aliphatic rings. The zero-order valence-corrected chi connectivity index (χ0v) is 16.6. The molecule has 2 heterocycles. The number of carbonyl (C=O) groups is 3. The average molecular weight is 410 g/mol. The van der Waals surface area contributed by atoms with Crippen LogP contribution in [0.15, 0.2) is 0 Å². The molecule has 4 fully saturated rings. The highest BCUT2D eigenvalue weighted by Crippen LogP contribution is 2.40. The van der Waals surface area contributed by atoms with Gasteiger partial charge in [0.2, 0.25) is 0 Å². The molecule has 162 valence electrons. The third kappa shape index (κ3) is 5.69. The summed E-state index contributed by atoms with van der Waals surface area (Å²) in [5.74, 6) is -2.92. The summed E-state index contributed by atoms with van der Waals surface area (Å²) in [6.45, 7) is 0.632. The number of epoxide rings is 2. The molecule has 29 heavy (non-hydrogen) atoms. The van der Waals surface area contributed by atoms with Crippen molar-refractivity contribution in [1.29, 1.82) is 0 Å². The second kappa shape index (κ2) is 9.00. The van der Waals surface area contributed by atoms with Crippen molar-refractivity contribution in [1.82, 2.24) is 0 Å². The van der Waals surface area contributed by atoms with Gasteiger partial charge in [-0.2, -0.15) is 0 Å². The van der Waals surface area contributed by atoms with Crippen LogP contribution in [0.1, 0.15) is 57.8 Å². The Morgan fingerprint density at radius 2 is 1.45 bits per heavy atom. The van der Waals surface area contributed by atoms with E-state index in [9.17, 15) is 19.5 Å². The fourth-order valence-corrected chi connectivity index (χ4v) is 4.65. The van der Waals surface area contributed by atoms with Gasteiger partial charge in [0.1, 0.15) is 0 Å². The van der Waals surface area contributed by atoms with Crippen molar-refractivity contribution in [3.8, 4) is 0 Å². The van der Waals surface area contributed by atoms with Crippen LogP contribution in [0.25, 0.3) is 0 Å². The zero-order valence-electron chi connectivity index (χ0n) is 16.6. The minimum Gasteiger partial charge on any atom is -0.481 e. The Kier molecular flexibility index (Phi) is 6.39. The van der Waals surface area contributed by atoms with Crippen molar-refractivity contribution < 1.29 is 38.4 Å². The SMILES string of the molecule is O=C(CCCC(C(=O)O)C(=O)OCC1CCC2OC2C1)OCC1CCC2OC2C1. The molecule has 2 aliphatic heterocycles. The Bertz CT molecular complexity index is 634. The lowest BCUT2D eigenvalue weighted by Crippen LogP contribution is -2.29. The first kappa shape index (κ1) is 20.6. The average Bonchev–Trinajstić information content (AvgIpc) is 3.61. The molecule has 2 aliphatic carbocycles. The summed E-state index contributed by atoms with van der Waals surface area (Å²) < 4.78 is 21.5. The van der Waals surface area contributed by atoms with E-state index >= 15 is 0 Å². The van der Waals surface area contributed by atoms with Gasteiger partial charge in [-0.05, 0) is 63.2 Å². The van der Waals surface area contributed by atoms with Crippen LogP contribution in [0.2, 0.25) is 0 Å². The molecule has 0 aromatic rings. The summed E-state index contributed by atoms with van der Waals surface area (Å²) in [5.41, 5.74) is 0. The number of ether oxygens (including phenoxy) is 4. The number of hydrogen-bond acceptors (Lipinski definition) is 7. The van der Waals surface area contributed by atoms with Gasteiger partial charge < -0.3 is 24.1 Å². The van der Waals surface area contributed by atoms with E-state index in [-0.39, 0.29) is 37.8 Å². The zero-order chi connectivity index (χ0) is 20.4. The van der Waals surface area contributed by atoms with E-state index in [0.29, 0.717) is 36.9 Å². The third-order valence-corrected chi connectivity index (χ3v) is 6.62. The monoisotopic (exact) mass is 410 g/mol. The van der Waals surface area contributed by atoms with Crippen molar-refractivity contribution in [3.63, 3.8) is 0 Å². The van der Waals surface area contributed by atoms with Crippen LogP contribution in [0.5, 0.6) is 0 Å². The molecule has 0 aromatic carbocycles. The van der Waals surface area contributed by atoms with Gasteiger partial charge in [-0.15, -0.1) is 0 Å². The maximum absolute atomic E-state index is 12.2. The Labute approximate surface area is 170 Å². The van der Waals surface area contributed by atoms with Gasteiger partial charge in [-0.25, -0.2) is 0 Å². The highest BCUT2D eigenvalue weighted by Gasteiger charge is 2.45. The van der Waals surface area contributed by atoms with Gasteiger partial charge in [0.05, 0.1) is 37.6 Å². The van der Waals surface area contributed by atoms with Gasteiger partial charge in [0, 0.05) is 6.42 Å². The molecule has 8 heteroatoms. The minimum atomic E-state index is -1.24. The molecule has 0 bridgehead atoms. The molecule has 0 radical (unpaired) electrons. The van der Waals surface area contributed by atoms with Gasteiger partial charge in [0.15, 0.2) is 5.92 Å². The van der Waals surface area contributed by atoms with Gasteiger partial charge >= 0.3 is 17.9 Å². The fraction of sp³-hybridized carbons (Fsp3) is 0.857. The van der Waals surface area contributed by atoms with E-state index in [4.69, 9.17) is 18.9 Å². The number of aliphatic carboxylic acids is 1. The lowest BCUT2D eigenvalue weighted by atomic mass is 9.90. The molecule has 7 atom stereocenters. The largest absolute Gasteiger partial charge is 0.481 e. The quantitative estimate of drug-likeness (QED) is 0.331. The molecule has 8 nitrogen and oxygen atoms in total. The summed E-state index contributed by atoms with van der Waals surface area (Å²) in [4.78, 5) is 35.6. The van der Waals surface area contributed by atoms with E-state index in [1.54, 1.807) is 0 Å². The molecule has 2 saturated carbocycles. The molecule has 1 N–H and O–H groups in total.